The summed E-state index contributed by atoms with van der Waals surface area (Å²) in [5, 5.41) is 3.35. The van der Waals surface area contributed by atoms with Crippen molar-refractivity contribution >= 4 is 15.7 Å². The zero-order valence-electron chi connectivity index (χ0n) is 10.4. The second-order valence-corrected chi connectivity index (χ2v) is 6.40. The summed E-state index contributed by atoms with van der Waals surface area (Å²) in [7, 11) is -3.36. The van der Waals surface area contributed by atoms with Crippen molar-refractivity contribution in [1.29, 1.82) is 0 Å². The van der Waals surface area contributed by atoms with E-state index in [-0.39, 0.29) is 10.4 Å². The molecule has 18 heavy (non-hydrogen) atoms. The van der Waals surface area contributed by atoms with Crippen LogP contribution >= 0.6 is 0 Å². The lowest BCUT2D eigenvalue weighted by Gasteiger charge is -2.16. The van der Waals surface area contributed by atoms with Crippen LogP contribution in [0.3, 0.4) is 0 Å². The van der Waals surface area contributed by atoms with E-state index in [0.29, 0.717) is 13.1 Å². The Hall–Kier alpha value is -1.11. The number of nitrogens with two attached hydrogens (primary N) is 1. The van der Waals surface area contributed by atoms with Gasteiger partial charge >= 0.3 is 0 Å². The second kappa shape index (κ2) is 4.87. The summed E-state index contributed by atoms with van der Waals surface area (Å²) >= 11 is 0. The molecule has 4 N–H and O–H groups in total. The number of nitrogens with one attached hydrogen (secondary N) is 2. The van der Waals surface area contributed by atoms with Gasteiger partial charge in [-0.2, -0.15) is 0 Å². The van der Waals surface area contributed by atoms with E-state index >= 15 is 0 Å². The summed E-state index contributed by atoms with van der Waals surface area (Å²) in [4.78, 5) is 0.285. The predicted molar refractivity (Wildman–Crippen MR) is 71.9 cm³/mol. The Bertz CT molecular complexity index is 507. The summed E-state index contributed by atoms with van der Waals surface area (Å²) in [6.07, 6.45) is 2.14. The van der Waals surface area contributed by atoms with Crippen LogP contribution in [0.2, 0.25) is 0 Å². The Labute approximate surface area is 108 Å². The Kier molecular flexibility index (Phi) is 3.61. The molecule has 1 aromatic carbocycles. The third-order valence-corrected chi connectivity index (χ3v) is 4.71. The zero-order valence-corrected chi connectivity index (χ0v) is 11.3. The molecule has 0 atom stereocenters. The Balaban J connectivity index is 2.11. The fourth-order valence-electron chi connectivity index (χ4n) is 1.83. The Morgan fingerprint density at radius 1 is 1.28 bits per heavy atom. The van der Waals surface area contributed by atoms with E-state index in [2.05, 4.69) is 10.0 Å². The van der Waals surface area contributed by atoms with Crippen molar-refractivity contribution in [2.24, 2.45) is 5.73 Å². The van der Waals surface area contributed by atoms with Gasteiger partial charge in [0.25, 0.3) is 0 Å². The van der Waals surface area contributed by atoms with Crippen LogP contribution < -0.4 is 15.8 Å². The van der Waals surface area contributed by atoms with E-state index < -0.39 is 10.0 Å². The van der Waals surface area contributed by atoms with Crippen LogP contribution in [-0.2, 0) is 10.0 Å². The monoisotopic (exact) mass is 269 g/mol. The quantitative estimate of drug-likeness (QED) is 0.716. The van der Waals surface area contributed by atoms with Crippen molar-refractivity contribution in [3.05, 3.63) is 24.3 Å². The van der Waals surface area contributed by atoms with Crippen molar-refractivity contribution in [3.8, 4) is 0 Å². The van der Waals surface area contributed by atoms with Gasteiger partial charge in [-0.05, 0) is 37.1 Å². The predicted octanol–water partition coefficient (Wildman–Crippen LogP) is 0.888. The molecule has 1 saturated carbocycles. The zero-order chi connectivity index (χ0) is 13.2. The maximum atomic E-state index is 11.7. The van der Waals surface area contributed by atoms with Gasteiger partial charge in [0.1, 0.15) is 0 Å². The molecule has 1 fully saturated rings. The highest BCUT2D eigenvalue weighted by Crippen LogP contribution is 2.37. The van der Waals surface area contributed by atoms with Crippen LogP contribution in [0.1, 0.15) is 19.8 Å². The molecular weight excluding hydrogens is 250 g/mol. The smallest absolute Gasteiger partial charge is 0.240 e. The van der Waals surface area contributed by atoms with Crippen molar-refractivity contribution in [2.75, 3.05) is 18.4 Å². The van der Waals surface area contributed by atoms with Gasteiger partial charge in [-0.3, -0.25) is 0 Å². The summed E-state index contributed by atoms with van der Waals surface area (Å²) in [5.74, 6) is 0. The second-order valence-electron chi connectivity index (χ2n) is 4.64. The van der Waals surface area contributed by atoms with E-state index in [1.807, 2.05) is 0 Å². The van der Waals surface area contributed by atoms with Gasteiger partial charge in [-0.15, -0.1) is 0 Å². The van der Waals surface area contributed by atoms with Gasteiger partial charge in [-0.1, -0.05) is 6.92 Å². The van der Waals surface area contributed by atoms with Gasteiger partial charge in [0.2, 0.25) is 10.0 Å². The third-order valence-electron chi connectivity index (χ3n) is 3.15. The summed E-state index contributed by atoms with van der Waals surface area (Å²) in [5.41, 5.74) is 6.63. The minimum absolute atomic E-state index is 0.0298. The molecule has 1 aliphatic rings. The topological polar surface area (TPSA) is 84.2 Å². The lowest BCUT2D eigenvalue weighted by Crippen LogP contribution is -2.30. The molecule has 0 radical (unpaired) electrons. The standard InChI is InChI=1S/C12H19N3O2S/c1-2-14-18(16,17)11-5-3-10(4-6-11)15-12(9-13)7-8-12/h3-6,14-15H,2,7-9,13H2,1H3. The van der Waals surface area contributed by atoms with Gasteiger partial charge in [0, 0.05) is 24.3 Å². The Morgan fingerprint density at radius 3 is 2.33 bits per heavy atom. The highest BCUT2D eigenvalue weighted by Gasteiger charge is 2.41. The van der Waals surface area contributed by atoms with Crippen LogP contribution in [-0.4, -0.2) is 27.0 Å². The number of sulfonamides is 1. The van der Waals surface area contributed by atoms with E-state index in [1.54, 1.807) is 31.2 Å². The van der Waals surface area contributed by atoms with E-state index in [0.717, 1.165) is 18.5 Å². The SMILES string of the molecule is CCNS(=O)(=O)c1ccc(NC2(CN)CC2)cc1. The molecule has 100 valence electrons. The molecule has 1 aliphatic carbocycles. The largest absolute Gasteiger partial charge is 0.378 e. The lowest BCUT2D eigenvalue weighted by atomic mass is 10.2. The van der Waals surface area contributed by atoms with Gasteiger partial charge in [0.15, 0.2) is 0 Å². The normalized spacial score (nSPS) is 17.4. The maximum Gasteiger partial charge on any atom is 0.240 e. The molecule has 0 unspecified atom stereocenters. The first kappa shape index (κ1) is 13.3. The molecule has 0 bridgehead atoms. The van der Waals surface area contributed by atoms with Crippen LogP contribution in [0, 0.1) is 0 Å². The summed E-state index contributed by atoms with van der Waals surface area (Å²) in [6.45, 7) is 2.74. The molecule has 2 rings (SSSR count). The van der Waals surface area contributed by atoms with Crippen LogP contribution in [0.4, 0.5) is 5.69 Å². The molecule has 5 nitrogen and oxygen atoms in total. The molecule has 0 saturated heterocycles. The molecule has 0 aliphatic heterocycles. The molecule has 0 heterocycles. The first-order valence-electron chi connectivity index (χ1n) is 6.09. The minimum atomic E-state index is -3.36. The van der Waals surface area contributed by atoms with Crippen LogP contribution in [0.5, 0.6) is 0 Å². The molecule has 0 aromatic heterocycles. The molecule has 0 spiro atoms. The van der Waals surface area contributed by atoms with Crippen molar-refractivity contribution < 1.29 is 8.42 Å². The van der Waals surface area contributed by atoms with Crippen molar-refractivity contribution in [1.82, 2.24) is 4.72 Å². The number of hydrogen-bond acceptors (Lipinski definition) is 4. The minimum Gasteiger partial charge on any atom is -0.378 e. The Morgan fingerprint density at radius 2 is 1.89 bits per heavy atom. The summed E-state index contributed by atoms with van der Waals surface area (Å²) in [6, 6.07) is 6.76. The van der Waals surface area contributed by atoms with Gasteiger partial charge < -0.3 is 11.1 Å². The average molecular weight is 269 g/mol. The average Bonchev–Trinajstić information content (AvgIpc) is 3.10. The molecule has 0 amide bonds. The molecule has 1 aromatic rings. The fraction of sp³-hybridized carbons (Fsp3) is 0.500. The highest BCUT2D eigenvalue weighted by atomic mass is 32.2. The van der Waals surface area contributed by atoms with Gasteiger partial charge in [0.05, 0.1) is 4.90 Å². The number of anilines is 1. The highest BCUT2D eigenvalue weighted by molar-refractivity contribution is 7.89. The number of benzene rings is 1. The molecular formula is C12H19N3O2S. The van der Waals surface area contributed by atoms with Crippen molar-refractivity contribution in [3.63, 3.8) is 0 Å². The van der Waals surface area contributed by atoms with Crippen LogP contribution in [0.15, 0.2) is 29.2 Å². The lowest BCUT2D eigenvalue weighted by molar-refractivity contribution is 0.584. The van der Waals surface area contributed by atoms with E-state index in [9.17, 15) is 8.42 Å². The third kappa shape index (κ3) is 2.82. The summed E-state index contributed by atoms with van der Waals surface area (Å²) < 4.78 is 26.0. The maximum absolute atomic E-state index is 11.7. The van der Waals surface area contributed by atoms with Crippen molar-refractivity contribution in [2.45, 2.75) is 30.2 Å². The number of hydrogen-bond donors (Lipinski definition) is 3. The van der Waals surface area contributed by atoms with E-state index in [4.69, 9.17) is 5.73 Å². The molecule has 6 heteroatoms. The fourth-order valence-corrected chi connectivity index (χ4v) is 2.87. The number of rotatable bonds is 6. The first-order valence-corrected chi connectivity index (χ1v) is 7.58. The van der Waals surface area contributed by atoms with Crippen LogP contribution in [0.25, 0.3) is 0 Å². The van der Waals surface area contributed by atoms with E-state index in [1.165, 1.54) is 0 Å². The first-order chi connectivity index (χ1) is 8.51. The van der Waals surface area contributed by atoms with Gasteiger partial charge in [-0.25, -0.2) is 13.1 Å².